The van der Waals surface area contributed by atoms with Crippen molar-refractivity contribution in [2.75, 3.05) is 13.2 Å². The fraction of sp³-hybridized carbons (Fsp3) is 0.462. The van der Waals surface area contributed by atoms with Crippen LogP contribution in [0.3, 0.4) is 0 Å². The highest BCUT2D eigenvalue weighted by Gasteiger charge is 2.49. The highest BCUT2D eigenvalue weighted by molar-refractivity contribution is 6.67. The number of halogens is 3. The van der Waals surface area contributed by atoms with Gasteiger partial charge < -0.3 is 44.2 Å². The van der Waals surface area contributed by atoms with E-state index in [2.05, 4.69) is 10.6 Å². The van der Waals surface area contributed by atoms with Gasteiger partial charge in [-0.3, -0.25) is 0 Å². The monoisotopic (exact) mass is 808 g/mol. The molecule has 0 spiro atoms. The first kappa shape index (κ1) is 43.1. The van der Waals surface area contributed by atoms with Crippen LogP contribution >= 0.6 is 34.8 Å². The molecule has 4 rings (SSSR count). The Morgan fingerprint density at radius 1 is 0.759 bits per heavy atom. The Morgan fingerprint density at radius 2 is 1.28 bits per heavy atom. The minimum absolute atomic E-state index is 0.0218. The van der Waals surface area contributed by atoms with E-state index in [0.29, 0.717) is 0 Å². The maximum atomic E-state index is 13.3. The molecular formula is C39H47Cl3N2O10. The number of carboxylic acid groups (broad SMARTS) is 1. The molecule has 0 aliphatic carbocycles. The number of amides is 2. The SMILES string of the molecule is CC(C)(C)OC(=O)N[C@H](CC[C@@H]1O[C@H](COCc2ccccc2)[C@@H](OCc2ccccc2)[C@H](OCc2ccccc2)[C@H]1NC(=O)OCC(Cl)(Cl)Cl)C(=O)O. The van der Waals surface area contributed by atoms with Gasteiger partial charge in [0.05, 0.1) is 38.6 Å². The molecule has 1 heterocycles. The molecule has 1 aliphatic heterocycles. The number of carbonyl (C=O) groups excluding carboxylic acids is 2. The molecular weight excluding hydrogens is 763 g/mol. The van der Waals surface area contributed by atoms with Crippen LogP contribution < -0.4 is 10.6 Å². The molecule has 0 saturated carbocycles. The Labute approximate surface area is 330 Å². The maximum absolute atomic E-state index is 13.3. The Hall–Kier alpha value is -3.62. The van der Waals surface area contributed by atoms with Gasteiger partial charge in [0.1, 0.15) is 36.6 Å². The molecule has 6 atom stereocenters. The summed E-state index contributed by atoms with van der Waals surface area (Å²) in [5.74, 6) is -1.29. The maximum Gasteiger partial charge on any atom is 0.408 e. The number of carboxylic acids is 1. The molecule has 1 saturated heterocycles. The third kappa shape index (κ3) is 15.3. The number of hydrogen-bond donors (Lipinski definition) is 3. The lowest BCUT2D eigenvalue weighted by molar-refractivity contribution is -0.233. The van der Waals surface area contributed by atoms with Crippen molar-refractivity contribution in [1.29, 1.82) is 0 Å². The van der Waals surface area contributed by atoms with Crippen LogP contribution in [0, 0.1) is 0 Å². The normalized spacial score (nSPS) is 20.7. The first-order chi connectivity index (χ1) is 25.7. The quantitative estimate of drug-likeness (QED) is 0.118. The van der Waals surface area contributed by atoms with E-state index in [0.717, 1.165) is 16.7 Å². The van der Waals surface area contributed by atoms with E-state index < -0.39 is 70.7 Å². The van der Waals surface area contributed by atoms with Crippen LogP contribution in [0.2, 0.25) is 0 Å². The number of alkyl halides is 3. The van der Waals surface area contributed by atoms with Crippen LogP contribution in [0.5, 0.6) is 0 Å². The molecule has 294 valence electrons. The van der Waals surface area contributed by atoms with Crippen LogP contribution in [-0.4, -0.2) is 82.4 Å². The number of aliphatic carboxylic acids is 1. The molecule has 0 unspecified atom stereocenters. The van der Waals surface area contributed by atoms with Crippen LogP contribution in [-0.2, 0) is 53.0 Å². The highest BCUT2D eigenvalue weighted by Crippen LogP contribution is 2.32. The number of hydrogen-bond acceptors (Lipinski definition) is 9. The Morgan fingerprint density at radius 3 is 1.78 bits per heavy atom. The average molecular weight is 810 g/mol. The van der Waals surface area contributed by atoms with E-state index in [1.807, 2.05) is 91.0 Å². The number of ether oxygens (including phenoxy) is 6. The molecule has 0 bridgehead atoms. The number of carbonyl (C=O) groups is 3. The zero-order valence-corrected chi connectivity index (χ0v) is 32.6. The van der Waals surface area contributed by atoms with Crippen molar-refractivity contribution in [3.05, 3.63) is 108 Å². The molecule has 1 fully saturated rings. The van der Waals surface area contributed by atoms with Crippen molar-refractivity contribution >= 4 is 53.0 Å². The van der Waals surface area contributed by atoms with Gasteiger partial charge in [0.2, 0.25) is 3.79 Å². The summed E-state index contributed by atoms with van der Waals surface area (Å²) in [4.78, 5) is 38.2. The standard InChI is InChI=1S/C39H47Cl3N2O10/c1-38(2,3)54-37(48)43-29(35(45)46)19-20-30-32(44-36(47)52-25-39(40,41)42)34(51-23-28-17-11-6-12-18-28)33(50-22-27-15-9-5-10-16-27)31(53-30)24-49-21-26-13-7-4-8-14-26/h4-18,29-34H,19-25H2,1-3H3,(H,43,48)(H,44,47)(H,45,46)/t29-,30+,31-,32+,33-,34-/m1/s1. The van der Waals surface area contributed by atoms with Gasteiger partial charge in [0.25, 0.3) is 0 Å². The van der Waals surface area contributed by atoms with Crippen LogP contribution in [0.4, 0.5) is 9.59 Å². The molecule has 3 N–H and O–H groups in total. The molecule has 2 amide bonds. The first-order valence-electron chi connectivity index (χ1n) is 17.5. The van der Waals surface area contributed by atoms with Crippen LogP contribution in [0.1, 0.15) is 50.3 Å². The topological polar surface area (TPSA) is 151 Å². The summed E-state index contributed by atoms with van der Waals surface area (Å²) < 4.78 is 34.7. The summed E-state index contributed by atoms with van der Waals surface area (Å²) in [7, 11) is 0. The van der Waals surface area contributed by atoms with Crippen molar-refractivity contribution in [3.63, 3.8) is 0 Å². The summed E-state index contributed by atoms with van der Waals surface area (Å²) in [6, 6.07) is 26.2. The van der Waals surface area contributed by atoms with Gasteiger partial charge in [-0.2, -0.15) is 0 Å². The van der Waals surface area contributed by atoms with Crippen LogP contribution in [0.15, 0.2) is 91.0 Å². The molecule has 1 aliphatic rings. The second kappa shape index (κ2) is 20.9. The summed E-state index contributed by atoms with van der Waals surface area (Å²) in [6.45, 7) is 5.08. The summed E-state index contributed by atoms with van der Waals surface area (Å²) in [5, 5.41) is 15.3. The largest absolute Gasteiger partial charge is 0.480 e. The van der Waals surface area contributed by atoms with Gasteiger partial charge in [-0.05, 0) is 50.3 Å². The van der Waals surface area contributed by atoms with Crippen molar-refractivity contribution < 1.29 is 47.9 Å². The van der Waals surface area contributed by atoms with Gasteiger partial charge >= 0.3 is 18.2 Å². The van der Waals surface area contributed by atoms with E-state index >= 15 is 0 Å². The highest BCUT2D eigenvalue weighted by atomic mass is 35.6. The van der Waals surface area contributed by atoms with Crippen LogP contribution in [0.25, 0.3) is 0 Å². The lowest BCUT2D eigenvalue weighted by Crippen LogP contribution is -2.65. The number of nitrogens with one attached hydrogen (secondary N) is 2. The molecule has 54 heavy (non-hydrogen) atoms. The van der Waals surface area contributed by atoms with E-state index in [4.69, 9.17) is 63.2 Å². The third-order valence-corrected chi connectivity index (χ3v) is 8.47. The molecule has 0 radical (unpaired) electrons. The second-order valence-electron chi connectivity index (χ2n) is 13.7. The van der Waals surface area contributed by atoms with Gasteiger partial charge in [-0.15, -0.1) is 0 Å². The number of rotatable bonds is 17. The van der Waals surface area contributed by atoms with Gasteiger partial charge in [-0.25, -0.2) is 14.4 Å². The molecule has 15 heteroatoms. The van der Waals surface area contributed by atoms with E-state index in [1.54, 1.807) is 20.8 Å². The van der Waals surface area contributed by atoms with Crippen molar-refractivity contribution in [2.45, 2.75) is 99.3 Å². The Kier molecular flexibility index (Phi) is 16.7. The minimum Gasteiger partial charge on any atom is -0.480 e. The molecule has 3 aromatic rings. The molecule has 0 aromatic heterocycles. The Bertz CT molecular complexity index is 1590. The zero-order chi connectivity index (χ0) is 39.1. The van der Waals surface area contributed by atoms with E-state index in [9.17, 15) is 19.5 Å². The fourth-order valence-corrected chi connectivity index (χ4v) is 5.90. The van der Waals surface area contributed by atoms with E-state index in [1.165, 1.54) is 0 Å². The number of benzene rings is 3. The second-order valence-corrected chi connectivity index (χ2v) is 16.2. The first-order valence-corrected chi connectivity index (χ1v) is 18.6. The number of alkyl carbamates (subject to hydrolysis) is 2. The predicted octanol–water partition coefficient (Wildman–Crippen LogP) is 7.36. The van der Waals surface area contributed by atoms with Crippen molar-refractivity contribution in [2.24, 2.45) is 0 Å². The summed E-state index contributed by atoms with van der Waals surface area (Å²) in [5.41, 5.74) is 1.82. The zero-order valence-electron chi connectivity index (χ0n) is 30.3. The third-order valence-electron chi connectivity index (χ3n) is 8.14. The molecule has 12 nitrogen and oxygen atoms in total. The summed E-state index contributed by atoms with van der Waals surface area (Å²) in [6.07, 6.45) is -5.32. The molecule has 3 aromatic carbocycles. The average Bonchev–Trinajstić information content (AvgIpc) is 3.12. The summed E-state index contributed by atoms with van der Waals surface area (Å²) >= 11 is 17.6. The Balaban J connectivity index is 1.68. The predicted molar refractivity (Wildman–Crippen MR) is 203 cm³/mol. The fourth-order valence-electron chi connectivity index (χ4n) is 5.74. The van der Waals surface area contributed by atoms with Crippen molar-refractivity contribution in [3.8, 4) is 0 Å². The van der Waals surface area contributed by atoms with Gasteiger partial charge in [0, 0.05) is 0 Å². The van der Waals surface area contributed by atoms with Crippen molar-refractivity contribution in [1.82, 2.24) is 10.6 Å². The lowest BCUT2D eigenvalue weighted by atomic mass is 9.89. The smallest absolute Gasteiger partial charge is 0.408 e. The van der Waals surface area contributed by atoms with Gasteiger partial charge in [0.15, 0.2) is 0 Å². The lowest BCUT2D eigenvalue weighted by Gasteiger charge is -2.47. The van der Waals surface area contributed by atoms with Gasteiger partial charge in [-0.1, -0.05) is 126 Å². The van der Waals surface area contributed by atoms with E-state index in [-0.39, 0.29) is 39.3 Å². The minimum atomic E-state index is -1.88.